The largest absolute Gasteiger partial charge is 0.395 e. The highest BCUT2D eigenvalue weighted by molar-refractivity contribution is 5.98. The van der Waals surface area contributed by atoms with Crippen LogP contribution in [0.3, 0.4) is 0 Å². The predicted molar refractivity (Wildman–Crippen MR) is 76.6 cm³/mol. The van der Waals surface area contributed by atoms with Crippen LogP contribution in [0.4, 0.5) is 0 Å². The molecule has 1 aliphatic carbocycles. The lowest BCUT2D eigenvalue weighted by Crippen LogP contribution is -2.35. The van der Waals surface area contributed by atoms with Crippen molar-refractivity contribution in [1.82, 2.24) is 4.90 Å². The van der Waals surface area contributed by atoms with E-state index in [1.54, 1.807) is 17.0 Å². The lowest BCUT2D eigenvalue weighted by molar-refractivity contribution is -0.132. The van der Waals surface area contributed by atoms with Crippen molar-refractivity contribution < 1.29 is 14.7 Å². The lowest BCUT2D eigenvalue weighted by atomic mass is 10.0. The van der Waals surface area contributed by atoms with Gasteiger partial charge in [0.1, 0.15) is 0 Å². The van der Waals surface area contributed by atoms with Gasteiger partial charge >= 0.3 is 0 Å². The Bertz CT molecular complexity index is 477. The highest BCUT2D eigenvalue weighted by Gasteiger charge is 2.31. The Morgan fingerprint density at radius 3 is 2.40 bits per heavy atom. The topological polar surface area (TPSA) is 57.6 Å². The van der Waals surface area contributed by atoms with Crippen LogP contribution in [0.25, 0.3) is 0 Å². The molecule has 1 amide bonds. The molecule has 108 valence electrons. The Morgan fingerprint density at radius 1 is 1.20 bits per heavy atom. The third kappa shape index (κ3) is 3.90. The first-order valence-corrected chi connectivity index (χ1v) is 7.12. The lowest BCUT2D eigenvalue weighted by Gasteiger charge is -2.21. The predicted octanol–water partition coefficient (Wildman–Crippen LogP) is 1.94. The molecule has 1 aromatic rings. The quantitative estimate of drug-likeness (QED) is 0.774. The van der Waals surface area contributed by atoms with Gasteiger partial charge in [-0.15, -0.1) is 0 Å². The van der Waals surface area contributed by atoms with Crippen LogP contribution in [-0.4, -0.2) is 40.9 Å². The van der Waals surface area contributed by atoms with Gasteiger partial charge in [0.05, 0.1) is 6.61 Å². The number of aliphatic hydroxyl groups excluding tert-OH is 1. The Kier molecular flexibility index (Phi) is 4.90. The first-order valence-electron chi connectivity index (χ1n) is 7.12. The maximum absolute atomic E-state index is 12.1. The minimum atomic E-state index is -0.0259. The van der Waals surface area contributed by atoms with E-state index in [-0.39, 0.29) is 37.2 Å². The molecule has 0 bridgehead atoms. The molecule has 2 rings (SSSR count). The number of hydrogen-bond donors (Lipinski definition) is 1. The van der Waals surface area contributed by atoms with Crippen molar-refractivity contribution in [1.29, 1.82) is 0 Å². The number of ketones is 1. The summed E-state index contributed by atoms with van der Waals surface area (Å²) in [5.41, 5.74) is 1.77. The number of carbonyl (C=O) groups excluding carboxylic acids is 2. The van der Waals surface area contributed by atoms with Gasteiger partial charge in [-0.25, -0.2) is 0 Å². The first-order chi connectivity index (χ1) is 9.61. The van der Waals surface area contributed by atoms with Crippen LogP contribution in [0.15, 0.2) is 24.3 Å². The third-order valence-corrected chi connectivity index (χ3v) is 3.59. The van der Waals surface area contributed by atoms with Crippen LogP contribution in [0.2, 0.25) is 0 Å². The zero-order valence-corrected chi connectivity index (χ0v) is 11.8. The monoisotopic (exact) mass is 275 g/mol. The smallest absolute Gasteiger partial charge is 0.223 e. The summed E-state index contributed by atoms with van der Waals surface area (Å²) in [6.07, 6.45) is 2.48. The molecule has 4 heteroatoms. The van der Waals surface area contributed by atoms with E-state index in [0.29, 0.717) is 12.1 Å². The van der Waals surface area contributed by atoms with Crippen molar-refractivity contribution in [2.75, 3.05) is 13.2 Å². The molecule has 1 saturated carbocycles. The second-order valence-electron chi connectivity index (χ2n) is 5.33. The molecule has 4 nitrogen and oxygen atoms in total. The number of carbonyl (C=O) groups is 2. The molecule has 0 aliphatic heterocycles. The minimum Gasteiger partial charge on any atom is -0.395 e. The summed E-state index contributed by atoms with van der Waals surface area (Å²) < 4.78 is 0. The van der Waals surface area contributed by atoms with Crippen molar-refractivity contribution in [2.24, 2.45) is 0 Å². The Morgan fingerprint density at radius 2 is 1.85 bits per heavy atom. The van der Waals surface area contributed by atoms with Crippen LogP contribution < -0.4 is 0 Å². The molecule has 0 unspecified atom stereocenters. The fourth-order valence-electron chi connectivity index (χ4n) is 2.25. The molecule has 0 atom stereocenters. The van der Waals surface area contributed by atoms with E-state index in [9.17, 15) is 9.59 Å². The van der Waals surface area contributed by atoms with E-state index >= 15 is 0 Å². The fraction of sp³-hybridized carbons (Fsp3) is 0.500. The van der Waals surface area contributed by atoms with Crippen molar-refractivity contribution in [3.8, 4) is 0 Å². The van der Waals surface area contributed by atoms with Gasteiger partial charge in [0.2, 0.25) is 5.91 Å². The standard InChI is InChI=1S/C16H21NO3/c1-12-2-4-13(5-3-12)15(19)8-9-16(20)17(10-11-18)14-6-7-14/h2-5,14,18H,6-11H2,1H3. The van der Waals surface area contributed by atoms with Gasteiger partial charge in [-0.3, -0.25) is 9.59 Å². The molecule has 0 aromatic heterocycles. The summed E-state index contributed by atoms with van der Waals surface area (Å²) >= 11 is 0. The van der Waals surface area contributed by atoms with Gasteiger partial charge < -0.3 is 10.0 Å². The van der Waals surface area contributed by atoms with Gasteiger partial charge in [0.15, 0.2) is 5.78 Å². The van der Waals surface area contributed by atoms with Crippen LogP contribution in [-0.2, 0) is 4.79 Å². The molecule has 0 radical (unpaired) electrons. The van der Waals surface area contributed by atoms with E-state index in [4.69, 9.17) is 5.11 Å². The zero-order chi connectivity index (χ0) is 14.5. The molecular formula is C16H21NO3. The van der Waals surface area contributed by atoms with Crippen molar-refractivity contribution in [3.63, 3.8) is 0 Å². The average molecular weight is 275 g/mol. The van der Waals surface area contributed by atoms with Crippen LogP contribution in [0.1, 0.15) is 41.6 Å². The molecular weight excluding hydrogens is 254 g/mol. The Balaban J connectivity index is 1.85. The SMILES string of the molecule is Cc1ccc(C(=O)CCC(=O)N(CCO)C2CC2)cc1. The van der Waals surface area contributed by atoms with Crippen LogP contribution in [0, 0.1) is 6.92 Å². The number of hydrogen-bond acceptors (Lipinski definition) is 3. The average Bonchev–Trinajstić information content (AvgIpc) is 3.27. The molecule has 20 heavy (non-hydrogen) atoms. The molecule has 0 saturated heterocycles. The van der Waals surface area contributed by atoms with Crippen molar-refractivity contribution in [2.45, 2.75) is 38.6 Å². The van der Waals surface area contributed by atoms with E-state index in [1.165, 1.54) is 0 Å². The summed E-state index contributed by atoms with van der Waals surface area (Å²) in [6.45, 7) is 2.33. The molecule has 1 N–H and O–H groups in total. The number of rotatable bonds is 7. The normalized spacial score (nSPS) is 14.1. The van der Waals surface area contributed by atoms with E-state index in [0.717, 1.165) is 18.4 Å². The second-order valence-corrected chi connectivity index (χ2v) is 5.33. The number of aryl methyl sites for hydroxylation is 1. The summed E-state index contributed by atoms with van der Waals surface area (Å²) in [6, 6.07) is 7.68. The van der Waals surface area contributed by atoms with E-state index in [1.807, 2.05) is 19.1 Å². The minimum absolute atomic E-state index is 0.00176. The van der Waals surface area contributed by atoms with Gasteiger partial charge in [-0.05, 0) is 19.8 Å². The number of nitrogens with zero attached hydrogens (tertiary/aromatic N) is 1. The first kappa shape index (κ1) is 14.7. The highest BCUT2D eigenvalue weighted by atomic mass is 16.3. The van der Waals surface area contributed by atoms with Gasteiger partial charge in [0.25, 0.3) is 0 Å². The van der Waals surface area contributed by atoms with Crippen molar-refractivity contribution >= 4 is 11.7 Å². The zero-order valence-electron chi connectivity index (χ0n) is 11.8. The van der Waals surface area contributed by atoms with Crippen LogP contribution >= 0.6 is 0 Å². The van der Waals surface area contributed by atoms with Gasteiger partial charge in [0, 0.05) is 31.0 Å². The number of amides is 1. The fourth-order valence-corrected chi connectivity index (χ4v) is 2.25. The molecule has 1 fully saturated rings. The van der Waals surface area contributed by atoms with Crippen molar-refractivity contribution in [3.05, 3.63) is 35.4 Å². The second kappa shape index (κ2) is 6.66. The summed E-state index contributed by atoms with van der Waals surface area (Å²) in [4.78, 5) is 25.8. The molecule has 0 heterocycles. The molecule has 0 spiro atoms. The van der Waals surface area contributed by atoms with E-state index < -0.39 is 0 Å². The van der Waals surface area contributed by atoms with Gasteiger partial charge in [-0.1, -0.05) is 29.8 Å². The number of Topliss-reactive ketones (excluding diaryl/α,β-unsaturated/α-hetero) is 1. The van der Waals surface area contributed by atoms with Crippen LogP contribution in [0.5, 0.6) is 0 Å². The Labute approximate surface area is 119 Å². The highest BCUT2D eigenvalue weighted by Crippen LogP contribution is 2.27. The maximum Gasteiger partial charge on any atom is 0.223 e. The van der Waals surface area contributed by atoms with E-state index in [2.05, 4.69) is 0 Å². The number of benzene rings is 1. The summed E-state index contributed by atoms with van der Waals surface area (Å²) in [5.74, 6) is -0.0277. The maximum atomic E-state index is 12.1. The molecule has 1 aromatic carbocycles. The number of aliphatic hydroxyl groups is 1. The third-order valence-electron chi connectivity index (χ3n) is 3.59. The van der Waals surface area contributed by atoms with Gasteiger partial charge in [-0.2, -0.15) is 0 Å². The Hall–Kier alpha value is -1.68. The summed E-state index contributed by atoms with van der Waals surface area (Å²) in [5, 5.41) is 8.98. The molecule has 1 aliphatic rings. The summed E-state index contributed by atoms with van der Waals surface area (Å²) in [7, 11) is 0.